The Hall–Kier alpha value is -3.80. The van der Waals surface area contributed by atoms with Gasteiger partial charge in [0, 0.05) is 18.2 Å². The average molecular weight is 362 g/mol. The van der Waals surface area contributed by atoms with E-state index in [0.717, 1.165) is 5.01 Å². The van der Waals surface area contributed by atoms with Crippen molar-refractivity contribution >= 4 is 11.6 Å². The first-order valence-electron chi connectivity index (χ1n) is 8.20. The molecule has 3 aromatic carbocycles. The molecule has 3 N–H and O–H groups in total. The molecule has 0 saturated heterocycles. The van der Waals surface area contributed by atoms with Crippen LogP contribution in [0.3, 0.4) is 0 Å². The second kappa shape index (κ2) is 7.61. The van der Waals surface area contributed by atoms with Crippen molar-refractivity contribution < 1.29 is 20.1 Å². The number of aromatic hydroxyl groups is 3. The summed E-state index contributed by atoms with van der Waals surface area (Å²) in [5.41, 5.74) is 1.03. The number of hydrazone groups is 1. The van der Waals surface area contributed by atoms with Gasteiger partial charge in [0.15, 0.2) is 0 Å². The number of hydrogen-bond acceptors (Lipinski definition) is 5. The third-order valence-electron chi connectivity index (χ3n) is 4.00. The van der Waals surface area contributed by atoms with E-state index in [1.165, 1.54) is 31.3 Å². The zero-order valence-corrected chi connectivity index (χ0v) is 14.6. The van der Waals surface area contributed by atoms with Gasteiger partial charge in [0.25, 0.3) is 5.91 Å². The van der Waals surface area contributed by atoms with E-state index in [1.807, 2.05) is 0 Å². The van der Waals surface area contributed by atoms with E-state index in [9.17, 15) is 20.1 Å². The number of amides is 1. The highest BCUT2D eigenvalue weighted by molar-refractivity contribution is 6.16. The Morgan fingerprint density at radius 3 is 1.48 bits per heavy atom. The molecule has 1 amide bonds. The predicted octanol–water partition coefficient (Wildman–Crippen LogP) is 3.33. The van der Waals surface area contributed by atoms with Crippen LogP contribution in [0.2, 0.25) is 0 Å². The van der Waals surface area contributed by atoms with Gasteiger partial charge in [-0.2, -0.15) is 5.10 Å². The molecule has 0 radical (unpaired) electrons. The highest BCUT2D eigenvalue weighted by Gasteiger charge is 2.19. The Morgan fingerprint density at radius 2 is 1.07 bits per heavy atom. The third-order valence-corrected chi connectivity index (χ3v) is 4.00. The minimum Gasteiger partial charge on any atom is -0.507 e. The molecule has 0 unspecified atom stereocenters. The van der Waals surface area contributed by atoms with Gasteiger partial charge in [-0.3, -0.25) is 4.79 Å². The van der Waals surface area contributed by atoms with Crippen LogP contribution in [-0.4, -0.2) is 39.0 Å². The van der Waals surface area contributed by atoms with Crippen molar-refractivity contribution in [3.05, 3.63) is 89.5 Å². The van der Waals surface area contributed by atoms with Crippen LogP contribution in [-0.2, 0) is 0 Å². The number of carbonyl (C=O) groups is 1. The van der Waals surface area contributed by atoms with Gasteiger partial charge >= 0.3 is 0 Å². The second-order valence-corrected chi connectivity index (χ2v) is 5.83. The molecule has 0 bridgehead atoms. The summed E-state index contributed by atoms with van der Waals surface area (Å²) in [6.45, 7) is 0. The number of phenolic OH excluding ortho intramolecular Hbond substituents is 3. The Morgan fingerprint density at radius 1 is 0.704 bits per heavy atom. The van der Waals surface area contributed by atoms with Crippen LogP contribution < -0.4 is 0 Å². The van der Waals surface area contributed by atoms with E-state index in [0.29, 0.717) is 11.1 Å². The smallest absolute Gasteiger partial charge is 0.277 e. The molecule has 0 aliphatic heterocycles. The summed E-state index contributed by atoms with van der Waals surface area (Å²) >= 11 is 0. The fourth-order valence-electron chi connectivity index (χ4n) is 2.62. The molecule has 3 aromatic rings. The molecule has 0 heterocycles. The van der Waals surface area contributed by atoms with Crippen molar-refractivity contribution in [2.45, 2.75) is 0 Å². The lowest BCUT2D eigenvalue weighted by Crippen LogP contribution is -2.24. The lowest BCUT2D eigenvalue weighted by atomic mass is 10.0. The highest BCUT2D eigenvalue weighted by Crippen LogP contribution is 2.26. The number of benzene rings is 3. The molecule has 0 fully saturated rings. The van der Waals surface area contributed by atoms with Gasteiger partial charge in [-0.25, -0.2) is 5.01 Å². The summed E-state index contributed by atoms with van der Waals surface area (Å²) in [4.78, 5) is 12.7. The number of para-hydroxylation sites is 3. The summed E-state index contributed by atoms with van der Waals surface area (Å²) in [7, 11) is 1.44. The Labute approximate surface area is 156 Å². The zero-order valence-electron chi connectivity index (χ0n) is 14.6. The largest absolute Gasteiger partial charge is 0.507 e. The van der Waals surface area contributed by atoms with Crippen molar-refractivity contribution in [3.8, 4) is 17.2 Å². The minimum absolute atomic E-state index is 0.0390. The van der Waals surface area contributed by atoms with Crippen LogP contribution in [0.15, 0.2) is 77.9 Å². The van der Waals surface area contributed by atoms with Gasteiger partial charge < -0.3 is 15.3 Å². The first-order chi connectivity index (χ1) is 13.0. The van der Waals surface area contributed by atoms with Crippen LogP contribution in [0.1, 0.15) is 21.5 Å². The molecular weight excluding hydrogens is 344 g/mol. The van der Waals surface area contributed by atoms with Crippen LogP contribution in [0.5, 0.6) is 17.2 Å². The topological polar surface area (TPSA) is 93.4 Å². The Balaban J connectivity index is 2.11. The second-order valence-electron chi connectivity index (χ2n) is 5.83. The van der Waals surface area contributed by atoms with Crippen molar-refractivity contribution in [2.24, 2.45) is 5.10 Å². The van der Waals surface area contributed by atoms with Crippen LogP contribution >= 0.6 is 0 Å². The SMILES string of the molecule is CN(N=C(c1ccccc1O)c1ccccc1O)C(=O)c1ccccc1O. The minimum atomic E-state index is -0.531. The monoisotopic (exact) mass is 362 g/mol. The lowest BCUT2D eigenvalue weighted by Gasteiger charge is -2.16. The molecule has 0 saturated carbocycles. The van der Waals surface area contributed by atoms with Crippen molar-refractivity contribution in [1.29, 1.82) is 0 Å². The Bertz CT molecular complexity index is 967. The van der Waals surface area contributed by atoms with Crippen LogP contribution in [0, 0.1) is 0 Å². The molecule has 0 atom stereocenters. The molecular formula is C21H18N2O4. The van der Waals surface area contributed by atoms with Gasteiger partial charge in [-0.1, -0.05) is 36.4 Å². The number of nitrogens with zero attached hydrogens (tertiary/aromatic N) is 2. The highest BCUT2D eigenvalue weighted by atomic mass is 16.3. The van der Waals surface area contributed by atoms with Crippen molar-refractivity contribution in [2.75, 3.05) is 7.05 Å². The maximum absolute atomic E-state index is 12.7. The van der Waals surface area contributed by atoms with E-state index in [1.54, 1.807) is 48.5 Å². The quantitative estimate of drug-likeness (QED) is 0.490. The molecule has 6 nitrogen and oxygen atoms in total. The zero-order chi connectivity index (χ0) is 19.4. The lowest BCUT2D eigenvalue weighted by molar-refractivity contribution is 0.0796. The van der Waals surface area contributed by atoms with E-state index >= 15 is 0 Å². The summed E-state index contributed by atoms with van der Waals surface area (Å²) in [6, 6.07) is 19.2. The summed E-state index contributed by atoms with van der Waals surface area (Å²) in [6.07, 6.45) is 0. The van der Waals surface area contributed by atoms with Gasteiger partial charge in [0.2, 0.25) is 0 Å². The van der Waals surface area contributed by atoms with Crippen LogP contribution in [0.25, 0.3) is 0 Å². The third kappa shape index (κ3) is 3.74. The summed E-state index contributed by atoms with van der Waals surface area (Å²) < 4.78 is 0. The fraction of sp³-hybridized carbons (Fsp3) is 0.0476. The summed E-state index contributed by atoms with van der Waals surface area (Å²) in [5.74, 6) is -0.765. The maximum Gasteiger partial charge on any atom is 0.277 e. The Kier molecular flexibility index (Phi) is 5.08. The molecule has 27 heavy (non-hydrogen) atoms. The molecule has 0 spiro atoms. The first kappa shape index (κ1) is 18.0. The van der Waals surface area contributed by atoms with E-state index in [-0.39, 0.29) is 28.5 Å². The molecule has 0 aliphatic rings. The van der Waals surface area contributed by atoms with E-state index < -0.39 is 5.91 Å². The number of hydrogen-bond donors (Lipinski definition) is 3. The fourth-order valence-corrected chi connectivity index (χ4v) is 2.62. The standard InChI is InChI=1S/C21H18N2O4/c1-23(21(27)16-10-4-7-13-19(16)26)22-20(14-8-2-5-11-17(14)24)15-9-3-6-12-18(15)25/h2-13,24-26H,1H3. The number of rotatable bonds is 4. The first-order valence-corrected chi connectivity index (χ1v) is 8.20. The van der Waals surface area contributed by atoms with Crippen LogP contribution in [0.4, 0.5) is 0 Å². The average Bonchev–Trinajstić information content (AvgIpc) is 2.67. The van der Waals surface area contributed by atoms with Gasteiger partial charge in [0.05, 0.1) is 5.56 Å². The predicted molar refractivity (Wildman–Crippen MR) is 102 cm³/mol. The molecule has 0 aromatic heterocycles. The molecule has 6 heteroatoms. The number of phenols is 3. The van der Waals surface area contributed by atoms with E-state index in [2.05, 4.69) is 5.10 Å². The van der Waals surface area contributed by atoms with Gasteiger partial charge in [-0.15, -0.1) is 0 Å². The molecule has 136 valence electrons. The van der Waals surface area contributed by atoms with Gasteiger partial charge in [-0.05, 0) is 36.4 Å². The van der Waals surface area contributed by atoms with Gasteiger partial charge in [0.1, 0.15) is 23.0 Å². The summed E-state index contributed by atoms with van der Waals surface area (Å²) in [5, 5.41) is 35.8. The van der Waals surface area contributed by atoms with E-state index in [4.69, 9.17) is 0 Å². The van der Waals surface area contributed by atoms with Crippen molar-refractivity contribution in [1.82, 2.24) is 5.01 Å². The molecule has 3 rings (SSSR count). The van der Waals surface area contributed by atoms with Crippen molar-refractivity contribution in [3.63, 3.8) is 0 Å². The normalized spacial score (nSPS) is 10.3. The maximum atomic E-state index is 12.7. The molecule has 0 aliphatic carbocycles. The number of carbonyl (C=O) groups excluding carboxylic acids is 1.